The van der Waals surface area contributed by atoms with Crippen LogP contribution in [0.3, 0.4) is 0 Å². The number of benzene rings is 1. The van der Waals surface area contributed by atoms with Crippen LogP contribution in [0, 0.1) is 0 Å². The lowest BCUT2D eigenvalue weighted by molar-refractivity contribution is -0.144. The molecule has 12 nitrogen and oxygen atoms in total. The van der Waals surface area contributed by atoms with Crippen LogP contribution in [-0.4, -0.2) is 65.2 Å². The summed E-state index contributed by atoms with van der Waals surface area (Å²) in [5.74, 6) is -3.01. The second-order valence-electron chi connectivity index (χ2n) is 11.0. The summed E-state index contributed by atoms with van der Waals surface area (Å²) in [6, 6.07) is 1.15. The van der Waals surface area contributed by atoms with E-state index in [1.807, 2.05) is 0 Å². The number of anilines is 1. The summed E-state index contributed by atoms with van der Waals surface area (Å²) in [5.41, 5.74) is 2.59. The Morgan fingerprint density at radius 3 is 2.12 bits per heavy atom. The van der Waals surface area contributed by atoms with E-state index in [1.165, 1.54) is 25.2 Å². The number of carbonyl (C=O) groups is 2. The number of alkyl halides is 6. The molecule has 3 heterocycles. The number of carbonyl (C=O) groups excluding carboxylic acids is 1. The molecule has 1 aliphatic rings. The fourth-order valence-corrected chi connectivity index (χ4v) is 5.58. The maximum absolute atomic E-state index is 14.0. The van der Waals surface area contributed by atoms with Crippen LogP contribution >= 0.6 is 0 Å². The van der Waals surface area contributed by atoms with E-state index in [4.69, 9.17) is 19.9 Å². The molecule has 266 valence electrons. The van der Waals surface area contributed by atoms with Crippen LogP contribution in [0.2, 0.25) is 0 Å². The van der Waals surface area contributed by atoms with Crippen LogP contribution in [0.5, 0.6) is 5.88 Å². The summed E-state index contributed by atoms with van der Waals surface area (Å²) >= 11 is 0. The Kier molecular flexibility index (Phi) is 11.3. The summed E-state index contributed by atoms with van der Waals surface area (Å²) in [4.78, 5) is 39.2. The zero-order chi connectivity index (χ0) is 36.3. The molecule has 0 spiro atoms. The molecule has 2 aromatic heterocycles. The minimum atomic E-state index is -5.16. The number of rotatable bonds is 11. The van der Waals surface area contributed by atoms with Crippen molar-refractivity contribution in [2.24, 2.45) is 5.73 Å². The zero-order valence-electron chi connectivity index (χ0n) is 26.7. The second-order valence-corrected chi connectivity index (χ2v) is 11.0. The van der Waals surface area contributed by atoms with Crippen molar-refractivity contribution in [3.8, 4) is 5.88 Å². The number of nitrogens with two attached hydrogens (primary N) is 1. The Labute approximate surface area is 276 Å². The van der Waals surface area contributed by atoms with E-state index >= 15 is 0 Å². The number of pyridine rings is 1. The lowest BCUT2D eigenvalue weighted by Gasteiger charge is -2.40. The molecule has 4 N–H and O–H groups in total. The number of nitrogens with zero attached hydrogens (tertiary/aromatic N) is 4. The predicted octanol–water partition coefficient (Wildman–Crippen LogP) is 5.58. The first kappa shape index (κ1) is 37.3. The number of halogens is 6. The van der Waals surface area contributed by atoms with Crippen molar-refractivity contribution in [1.29, 1.82) is 0 Å². The van der Waals surface area contributed by atoms with E-state index in [0.717, 1.165) is 12.4 Å². The molecule has 0 aliphatic carbocycles. The number of carboxylic acids is 1. The van der Waals surface area contributed by atoms with E-state index in [1.54, 1.807) is 19.9 Å². The second kappa shape index (κ2) is 14.9. The average molecular weight is 701 g/mol. The van der Waals surface area contributed by atoms with Gasteiger partial charge in [0.2, 0.25) is 5.88 Å². The van der Waals surface area contributed by atoms with Gasteiger partial charge in [-0.3, -0.25) is 15.0 Å². The van der Waals surface area contributed by atoms with Gasteiger partial charge in [-0.15, -0.1) is 0 Å². The van der Waals surface area contributed by atoms with Gasteiger partial charge < -0.3 is 25.1 Å². The molecule has 1 amide bonds. The zero-order valence-corrected chi connectivity index (χ0v) is 26.7. The predicted molar refractivity (Wildman–Crippen MR) is 161 cm³/mol. The molecule has 0 bridgehead atoms. The molecule has 3 unspecified atom stereocenters. The van der Waals surface area contributed by atoms with Crippen LogP contribution in [0.15, 0.2) is 42.7 Å². The first-order chi connectivity index (χ1) is 23.0. The van der Waals surface area contributed by atoms with E-state index in [0.29, 0.717) is 18.6 Å². The summed E-state index contributed by atoms with van der Waals surface area (Å²) < 4.78 is 99.3. The van der Waals surface area contributed by atoms with Gasteiger partial charge >= 0.3 is 24.4 Å². The van der Waals surface area contributed by atoms with Crippen molar-refractivity contribution in [3.63, 3.8) is 0 Å². The summed E-state index contributed by atoms with van der Waals surface area (Å²) in [6.07, 6.45) is -9.73. The Morgan fingerprint density at radius 1 is 1.02 bits per heavy atom. The van der Waals surface area contributed by atoms with Gasteiger partial charge in [-0.2, -0.15) is 26.3 Å². The molecule has 4 rings (SSSR count). The van der Waals surface area contributed by atoms with Crippen LogP contribution < -0.4 is 20.7 Å². The van der Waals surface area contributed by atoms with Crippen molar-refractivity contribution in [2.45, 2.75) is 69.3 Å². The normalized spacial score (nSPS) is 18.3. The minimum absolute atomic E-state index is 0.000766. The Hall–Kier alpha value is -4.55. The molecular formula is C31H34F6N6O6. The number of aliphatic carboxylic acids is 1. The van der Waals surface area contributed by atoms with Crippen molar-refractivity contribution >= 4 is 17.7 Å². The fraction of sp³-hybridized carbons (Fsp3) is 0.452. The van der Waals surface area contributed by atoms with Gasteiger partial charge in [0.25, 0.3) is 0 Å². The Morgan fingerprint density at radius 2 is 1.63 bits per heavy atom. The van der Waals surface area contributed by atoms with Gasteiger partial charge in [0.1, 0.15) is 18.0 Å². The molecule has 18 heteroatoms. The number of hydrogen-bond acceptors (Lipinski definition) is 10. The molecule has 3 aromatic rings. The molecule has 0 saturated heterocycles. The van der Waals surface area contributed by atoms with Crippen molar-refractivity contribution in [1.82, 2.24) is 20.3 Å². The first-order valence-electron chi connectivity index (χ1n) is 14.9. The number of ether oxygens (including phenoxy) is 3. The Bertz CT molecular complexity index is 1610. The van der Waals surface area contributed by atoms with Crippen molar-refractivity contribution in [3.05, 3.63) is 76.5 Å². The van der Waals surface area contributed by atoms with Crippen LogP contribution in [-0.2, 0) is 26.6 Å². The van der Waals surface area contributed by atoms with E-state index in [-0.39, 0.29) is 47.7 Å². The highest BCUT2D eigenvalue weighted by Crippen LogP contribution is 2.42. The summed E-state index contributed by atoms with van der Waals surface area (Å²) in [5, 5.41) is 12.8. The number of fused-ring (bicyclic) bond motifs is 1. The maximum atomic E-state index is 14.0. The van der Waals surface area contributed by atoms with Crippen molar-refractivity contribution in [2.75, 3.05) is 25.7 Å². The third kappa shape index (κ3) is 8.19. The molecule has 0 saturated carbocycles. The number of methoxy groups -OCH3 is 2. The lowest BCUT2D eigenvalue weighted by Crippen LogP contribution is -2.48. The number of nitrogens with one attached hydrogen (secondary N) is 1. The van der Waals surface area contributed by atoms with Crippen molar-refractivity contribution < 1.29 is 55.2 Å². The molecule has 1 aliphatic heterocycles. The third-order valence-electron chi connectivity index (χ3n) is 7.97. The number of carboxylic acid groups (broad SMARTS) is 1. The van der Waals surface area contributed by atoms with E-state index < -0.39 is 71.4 Å². The van der Waals surface area contributed by atoms with Gasteiger partial charge in [-0.1, -0.05) is 6.92 Å². The van der Waals surface area contributed by atoms with Gasteiger partial charge in [0, 0.05) is 37.2 Å². The highest BCUT2D eigenvalue weighted by atomic mass is 19.4. The minimum Gasteiger partial charge on any atom is -0.481 e. The van der Waals surface area contributed by atoms with Crippen LogP contribution in [0.1, 0.15) is 78.5 Å². The summed E-state index contributed by atoms with van der Waals surface area (Å²) in [7, 11) is 2.52. The van der Waals surface area contributed by atoms with Gasteiger partial charge in [0.05, 0.1) is 48.3 Å². The molecule has 49 heavy (non-hydrogen) atoms. The highest BCUT2D eigenvalue weighted by molar-refractivity contribution is 5.90. The van der Waals surface area contributed by atoms with E-state index in [9.17, 15) is 41.0 Å². The van der Waals surface area contributed by atoms with Gasteiger partial charge in [-0.25, -0.2) is 19.7 Å². The fourth-order valence-electron chi connectivity index (χ4n) is 5.58. The van der Waals surface area contributed by atoms with Crippen LogP contribution in [0.25, 0.3) is 0 Å². The molecular weight excluding hydrogens is 666 g/mol. The third-order valence-corrected chi connectivity index (χ3v) is 7.97. The molecule has 1 aromatic carbocycles. The largest absolute Gasteiger partial charge is 0.481 e. The SMILES string of the molecule is CCOC(=O)N1c2ccc(OC)nc2[C@@H](NC(c2cc(C(F)(F)F)cc(C(F)(F)F)c2)c2ncc(C(C(=O)O)C(N)OC)cn2)C[C@H]1CC. The first-order valence-corrected chi connectivity index (χ1v) is 14.9. The Balaban J connectivity index is 1.93. The molecule has 0 fully saturated rings. The number of amides is 1. The topological polar surface area (TPSA) is 162 Å². The monoisotopic (exact) mass is 700 g/mol. The van der Waals surface area contributed by atoms with Gasteiger partial charge in [-0.05, 0) is 49.6 Å². The van der Waals surface area contributed by atoms with Crippen LogP contribution in [0.4, 0.5) is 36.8 Å². The smallest absolute Gasteiger partial charge is 0.416 e. The number of hydrogen-bond donors (Lipinski definition) is 3. The molecule has 0 radical (unpaired) electrons. The van der Waals surface area contributed by atoms with E-state index in [2.05, 4.69) is 20.3 Å². The maximum Gasteiger partial charge on any atom is 0.416 e. The highest BCUT2D eigenvalue weighted by Gasteiger charge is 2.41. The lowest BCUT2D eigenvalue weighted by atomic mass is 9.91. The summed E-state index contributed by atoms with van der Waals surface area (Å²) in [6.45, 7) is 3.49. The standard InChI is InChI=1S/C31H34F6N6O6/c1-5-19-12-20(25-21(7-8-22(42-25)47-3)43(19)29(46)49-6-2)41-24(15-9-17(30(32,33)34)11-18(10-15)31(35,36)37)27-39-13-16(14-40-27)23(28(44)45)26(38)48-4/h7-11,13-14,19-20,23-24,26,41H,5-6,12,38H2,1-4H3,(H,44,45)/t19-,20+,23?,24?,26?/m1/s1. The number of aromatic nitrogens is 3. The average Bonchev–Trinajstić information content (AvgIpc) is 3.05. The van der Waals surface area contributed by atoms with Gasteiger partial charge in [0.15, 0.2) is 0 Å². The quantitative estimate of drug-likeness (QED) is 0.169. The molecule has 5 atom stereocenters.